The van der Waals surface area contributed by atoms with Crippen LogP contribution in [-0.2, 0) is 19.9 Å². The van der Waals surface area contributed by atoms with Gasteiger partial charge in [0.2, 0.25) is 0 Å². The van der Waals surface area contributed by atoms with Crippen LogP contribution in [0.25, 0.3) is 6.08 Å². The van der Waals surface area contributed by atoms with Gasteiger partial charge in [-0.25, -0.2) is 0 Å². The molecule has 214 valence electrons. The second-order valence-corrected chi connectivity index (χ2v) is 12.0. The molecule has 8 nitrogen and oxygen atoms in total. The molecule has 2 saturated heterocycles. The number of morpholine rings is 1. The summed E-state index contributed by atoms with van der Waals surface area (Å²) in [5.41, 5.74) is 0.319. The van der Waals surface area contributed by atoms with Gasteiger partial charge in [0.15, 0.2) is 5.78 Å². The molecule has 41 heavy (non-hydrogen) atoms. The maximum atomic E-state index is 15.1. The van der Waals surface area contributed by atoms with Crippen LogP contribution >= 0.6 is 0 Å². The van der Waals surface area contributed by atoms with Crippen molar-refractivity contribution in [1.82, 2.24) is 9.80 Å². The first-order valence-corrected chi connectivity index (χ1v) is 14.7. The second-order valence-electron chi connectivity index (χ2n) is 12.0. The first-order chi connectivity index (χ1) is 19.9. The van der Waals surface area contributed by atoms with Gasteiger partial charge in [0.25, 0.3) is 5.91 Å². The van der Waals surface area contributed by atoms with E-state index in [2.05, 4.69) is 15.9 Å². The molecular formula is C33H37N3O5. The lowest BCUT2D eigenvalue weighted by molar-refractivity contribution is -0.146. The van der Waals surface area contributed by atoms with Crippen LogP contribution in [-0.4, -0.2) is 68.1 Å². The number of furan rings is 2. The number of rotatable bonds is 4. The Balaban J connectivity index is 1.42. The van der Waals surface area contributed by atoms with Crippen LogP contribution in [0.15, 0.2) is 62.9 Å². The van der Waals surface area contributed by atoms with Crippen LogP contribution in [0.3, 0.4) is 0 Å². The van der Waals surface area contributed by atoms with Crippen molar-refractivity contribution in [2.75, 3.05) is 51.5 Å². The molecule has 1 amide bonds. The Bertz CT molecular complexity index is 1530. The lowest BCUT2D eigenvalue weighted by Crippen LogP contribution is -2.62. The smallest absolute Gasteiger partial charge is 0.254 e. The average Bonchev–Trinajstić information content (AvgIpc) is 3.71. The van der Waals surface area contributed by atoms with Crippen molar-refractivity contribution in [3.05, 3.63) is 82.7 Å². The SMILES string of the molecule is Cc1ccc(/C=C2\CCC[C@]3(C2=O)[C@H](c2ccc(C)o2)CN(C)[C@]32C(=O)N(CN3CCOCC3)c3ccccc32)o1. The van der Waals surface area contributed by atoms with Crippen LogP contribution in [0.1, 0.15) is 53.8 Å². The van der Waals surface area contributed by atoms with Crippen molar-refractivity contribution < 1.29 is 23.2 Å². The number of hydrogen-bond donors (Lipinski definition) is 0. The van der Waals surface area contributed by atoms with Crippen molar-refractivity contribution in [1.29, 1.82) is 0 Å². The van der Waals surface area contributed by atoms with Crippen molar-refractivity contribution in [3.63, 3.8) is 0 Å². The van der Waals surface area contributed by atoms with Crippen LogP contribution in [0.2, 0.25) is 0 Å². The minimum absolute atomic E-state index is 0.0255. The third-order valence-electron chi connectivity index (χ3n) is 9.75. The Hall–Kier alpha value is -3.46. The monoisotopic (exact) mass is 555 g/mol. The summed E-state index contributed by atoms with van der Waals surface area (Å²) < 4.78 is 17.7. The number of ketones is 1. The topological polar surface area (TPSA) is 79.4 Å². The number of allylic oxidation sites excluding steroid dienone is 1. The highest BCUT2D eigenvalue weighted by atomic mass is 16.5. The molecule has 3 atom stereocenters. The maximum absolute atomic E-state index is 15.1. The number of anilines is 1. The van der Waals surface area contributed by atoms with Crippen molar-refractivity contribution in [3.8, 4) is 0 Å². The van der Waals surface area contributed by atoms with Gasteiger partial charge in [-0.3, -0.25) is 24.3 Å². The molecule has 3 aliphatic heterocycles. The molecule has 1 aliphatic carbocycles. The molecule has 5 heterocycles. The highest BCUT2D eigenvalue weighted by Crippen LogP contribution is 2.67. The number of benzene rings is 1. The Labute approximate surface area is 240 Å². The summed E-state index contributed by atoms with van der Waals surface area (Å²) in [7, 11) is 2.01. The summed E-state index contributed by atoms with van der Waals surface area (Å²) in [6.07, 6.45) is 3.93. The number of hydrogen-bond acceptors (Lipinski definition) is 7. The Kier molecular flexibility index (Phi) is 6.34. The molecule has 7 rings (SSSR count). The van der Waals surface area contributed by atoms with Gasteiger partial charge in [0, 0.05) is 31.1 Å². The van der Waals surface area contributed by atoms with E-state index < -0.39 is 11.0 Å². The number of ether oxygens (including phenoxy) is 1. The Morgan fingerprint density at radius 1 is 0.976 bits per heavy atom. The molecule has 1 saturated carbocycles. The molecule has 3 fully saturated rings. The molecule has 2 aromatic heterocycles. The molecule has 2 spiro atoms. The van der Waals surface area contributed by atoms with E-state index in [0.717, 1.165) is 48.0 Å². The summed E-state index contributed by atoms with van der Waals surface area (Å²) in [5.74, 6) is 2.76. The lowest BCUT2D eigenvalue weighted by Gasteiger charge is -2.48. The molecule has 8 heteroatoms. The van der Waals surface area contributed by atoms with Gasteiger partial charge in [0.05, 0.1) is 31.0 Å². The molecule has 0 N–H and O–H groups in total. The summed E-state index contributed by atoms with van der Waals surface area (Å²) in [5, 5.41) is 0. The fraction of sp³-hybridized carbons (Fsp3) is 0.455. The van der Waals surface area contributed by atoms with Gasteiger partial charge in [-0.1, -0.05) is 18.2 Å². The number of aryl methyl sites for hydroxylation is 2. The second kappa shape index (κ2) is 9.82. The fourth-order valence-electron chi connectivity index (χ4n) is 8.04. The molecule has 3 aromatic rings. The van der Waals surface area contributed by atoms with Crippen LogP contribution in [0.4, 0.5) is 5.69 Å². The molecule has 0 radical (unpaired) electrons. The van der Waals surface area contributed by atoms with E-state index in [0.29, 0.717) is 50.6 Å². The van der Waals surface area contributed by atoms with E-state index >= 15 is 9.59 Å². The minimum atomic E-state index is -1.16. The predicted molar refractivity (Wildman–Crippen MR) is 154 cm³/mol. The molecule has 1 aromatic carbocycles. The highest BCUT2D eigenvalue weighted by molar-refractivity contribution is 6.16. The number of likely N-dealkylation sites (N-methyl/N-ethyl adjacent to an activating group) is 1. The molecule has 0 bridgehead atoms. The van der Waals surface area contributed by atoms with E-state index in [4.69, 9.17) is 13.6 Å². The number of Topliss-reactive ketones (excluding diaryl/α,β-unsaturated/α-hetero) is 1. The maximum Gasteiger partial charge on any atom is 0.254 e. The summed E-state index contributed by atoms with van der Waals surface area (Å²) >= 11 is 0. The van der Waals surface area contributed by atoms with E-state index in [1.54, 1.807) is 0 Å². The quantitative estimate of drug-likeness (QED) is 0.425. The summed E-state index contributed by atoms with van der Waals surface area (Å²) in [4.78, 5) is 36.6. The summed E-state index contributed by atoms with van der Waals surface area (Å²) in [6, 6.07) is 15.8. The van der Waals surface area contributed by atoms with Crippen LogP contribution in [0, 0.1) is 19.3 Å². The van der Waals surface area contributed by atoms with Crippen molar-refractivity contribution in [2.24, 2.45) is 5.41 Å². The zero-order valence-corrected chi connectivity index (χ0v) is 24.0. The number of carbonyl (C=O) groups is 2. The Morgan fingerprint density at radius 2 is 1.73 bits per heavy atom. The zero-order chi connectivity index (χ0) is 28.4. The number of likely N-dealkylation sites (tertiary alicyclic amines) is 1. The van der Waals surface area contributed by atoms with Gasteiger partial charge in [-0.05, 0) is 82.1 Å². The fourth-order valence-corrected chi connectivity index (χ4v) is 8.04. The number of para-hydroxylation sites is 1. The minimum Gasteiger partial charge on any atom is -0.466 e. The van der Waals surface area contributed by atoms with Crippen LogP contribution in [0.5, 0.6) is 0 Å². The third kappa shape index (κ3) is 3.77. The molecule has 4 aliphatic rings. The van der Waals surface area contributed by atoms with Crippen LogP contribution < -0.4 is 4.90 Å². The number of carbonyl (C=O) groups excluding carboxylic acids is 2. The van der Waals surface area contributed by atoms with E-state index in [9.17, 15) is 0 Å². The van der Waals surface area contributed by atoms with Gasteiger partial charge < -0.3 is 13.6 Å². The van der Waals surface area contributed by atoms with Gasteiger partial charge >= 0.3 is 0 Å². The number of nitrogens with zero attached hydrogens (tertiary/aromatic N) is 3. The highest BCUT2D eigenvalue weighted by Gasteiger charge is 2.75. The third-order valence-corrected chi connectivity index (χ3v) is 9.75. The largest absolute Gasteiger partial charge is 0.466 e. The first-order valence-electron chi connectivity index (χ1n) is 14.7. The summed E-state index contributed by atoms with van der Waals surface area (Å²) in [6.45, 7) is 7.67. The van der Waals surface area contributed by atoms with E-state index in [1.165, 1.54) is 0 Å². The van der Waals surface area contributed by atoms with E-state index in [1.807, 2.05) is 74.3 Å². The van der Waals surface area contributed by atoms with Gasteiger partial charge in [-0.15, -0.1) is 0 Å². The van der Waals surface area contributed by atoms with E-state index in [-0.39, 0.29) is 17.6 Å². The predicted octanol–water partition coefficient (Wildman–Crippen LogP) is 4.87. The molecule has 0 unspecified atom stereocenters. The zero-order valence-electron chi connectivity index (χ0n) is 24.0. The lowest BCUT2D eigenvalue weighted by atomic mass is 9.54. The normalized spacial score (nSPS) is 29.9. The Morgan fingerprint density at radius 3 is 2.46 bits per heavy atom. The standard InChI is InChI=1S/C33H37N3O5/c1-22-10-12-25(40-22)19-24-7-6-14-32(30(24)37)27(29-13-11-23(2)41-29)20-34(3)33(32)26-8-4-5-9-28(26)36(31(33)38)21-35-15-17-39-18-16-35/h4-5,8-13,19,27H,6-7,14-18,20-21H2,1-3H3/b24-19+/t27-,32+,33+/m0/s1. The van der Waals surface area contributed by atoms with Gasteiger partial charge in [-0.2, -0.15) is 0 Å². The average molecular weight is 556 g/mol. The van der Waals surface area contributed by atoms with Gasteiger partial charge in [0.1, 0.15) is 28.6 Å². The first kappa shape index (κ1) is 26.4. The van der Waals surface area contributed by atoms with Crippen molar-refractivity contribution >= 4 is 23.5 Å². The number of amides is 1. The van der Waals surface area contributed by atoms with Crippen molar-refractivity contribution in [2.45, 2.75) is 44.6 Å². The molecular weight excluding hydrogens is 518 g/mol. The number of fused-ring (bicyclic) bond motifs is 3.